The van der Waals surface area contributed by atoms with E-state index in [-0.39, 0.29) is 6.42 Å². The van der Waals surface area contributed by atoms with Crippen LogP contribution in [0.4, 0.5) is 0 Å². The average Bonchev–Trinajstić information content (AvgIpc) is 2.16. The standard InChI is InChI=1S/C11H19NO4/c1-9(11(15)16)5-3-7-12(2)8-4-6-10(13)14/h5H,3-4,6-8H2,1-2H3,(H,13,14)(H,15,16). The van der Waals surface area contributed by atoms with E-state index in [1.807, 2.05) is 11.9 Å². The monoisotopic (exact) mass is 229 g/mol. The summed E-state index contributed by atoms with van der Waals surface area (Å²) in [7, 11) is 1.89. The molecule has 0 atom stereocenters. The molecule has 0 aliphatic heterocycles. The summed E-state index contributed by atoms with van der Waals surface area (Å²) in [6, 6.07) is 0. The van der Waals surface area contributed by atoms with Gasteiger partial charge in [-0.1, -0.05) is 6.08 Å². The molecule has 0 aromatic rings. The van der Waals surface area contributed by atoms with Crippen LogP contribution in [-0.2, 0) is 9.59 Å². The van der Waals surface area contributed by atoms with Gasteiger partial charge in [0.1, 0.15) is 0 Å². The first-order valence-electron chi connectivity index (χ1n) is 5.24. The highest BCUT2D eigenvalue weighted by molar-refractivity contribution is 5.85. The Morgan fingerprint density at radius 3 is 2.38 bits per heavy atom. The minimum absolute atomic E-state index is 0.175. The Hall–Kier alpha value is -1.36. The highest BCUT2D eigenvalue weighted by Crippen LogP contribution is 1.98. The second-order valence-electron chi connectivity index (χ2n) is 3.78. The molecule has 92 valence electrons. The SMILES string of the molecule is CC(=CCCN(C)CCCC(=O)O)C(=O)O. The molecule has 2 N–H and O–H groups in total. The number of nitrogens with zero attached hydrogens (tertiary/aromatic N) is 1. The number of carbonyl (C=O) groups is 2. The summed E-state index contributed by atoms with van der Waals surface area (Å²) in [6.07, 6.45) is 3.14. The van der Waals surface area contributed by atoms with Crippen molar-refractivity contribution in [3.8, 4) is 0 Å². The van der Waals surface area contributed by atoms with Gasteiger partial charge in [0.2, 0.25) is 0 Å². The Morgan fingerprint density at radius 1 is 1.25 bits per heavy atom. The van der Waals surface area contributed by atoms with Gasteiger partial charge in [-0.05, 0) is 33.4 Å². The van der Waals surface area contributed by atoms with Gasteiger partial charge in [0, 0.05) is 18.5 Å². The summed E-state index contributed by atoms with van der Waals surface area (Å²) < 4.78 is 0. The van der Waals surface area contributed by atoms with Gasteiger partial charge < -0.3 is 15.1 Å². The largest absolute Gasteiger partial charge is 0.481 e. The van der Waals surface area contributed by atoms with Crippen molar-refractivity contribution in [3.05, 3.63) is 11.6 Å². The third kappa shape index (κ3) is 7.99. The lowest BCUT2D eigenvalue weighted by molar-refractivity contribution is -0.137. The predicted molar refractivity (Wildman–Crippen MR) is 60.4 cm³/mol. The van der Waals surface area contributed by atoms with E-state index in [0.717, 1.165) is 6.54 Å². The molecule has 0 rings (SSSR count). The van der Waals surface area contributed by atoms with Crippen LogP contribution in [0.25, 0.3) is 0 Å². The van der Waals surface area contributed by atoms with Crippen LogP contribution in [0.2, 0.25) is 0 Å². The van der Waals surface area contributed by atoms with Gasteiger partial charge in [-0.3, -0.25) is 4.79 Å². The molecule has 16 heavy (non-hydrogen) atoms. The van der Waals surface area contributed by atoms with Gasteiger partial charge in [-0.25, -0.2) is 4.79 Å². The fraction of sp³-hybridized carbons (Fsp3) is 0.636. The average molecular weight is 229 g/mol. The molecule has 0 amide bonds. The summed E-state index contributed by atoms with van der Waals surface area (Å²) in [5.74, 6) is -1.68. The summed E-state index contributed by atoms with van der Waals surface area (Å²) in [5.41, 5.74) is 0.346. The van der Waals surface area contributed by atoms with Gasteiger partial charge in [0.25, 0.3) is 0 Å². The van der Waals surface area contributed by atoms with E-state index < -0.39 is 11.9 Å². The topological polar surface area (TPSA) is 77.8 Å². The first kappa shape index (κ1) is 14.6. The predicted octanol–water partition coefficient (Wildman–Crippen LogP) is 1.20. The zero-order chi connectivity index (χ0) is 12.6. The quantitative estimate of drug-likeness (QED) is 0.611. The molecule has 0 aromatic carbocycles. The number of carboxylic acids is 2. The molecule has 5 nitrogen and oxygen atoms in total. The Bertz CT molecular complexity index is 273. The number of rotatable bonds is 8. The third-order valence-electron chi connectivity index (χ3n) is 2.23. The minimum Gasteiger partial charge on any atom is -0.481 e. The summed E-state index contributed by atoms with van der Waals surface area (Å²) >= 11 is 0. The molecule has 0 radical (unpaired) electrons. The first-order valence-corrected chi connectivity index (χ1v) is 5.24. The van der Waals surface area contributed by atoms with Gasteiger partial charge >= 0.3 is 11.9 Å². The van der Waals surface area contributed by atoms with Crippen molar-refractivity contribution in [1.29, 1.82) is 0 Å². The van der Waals surface area contributed by atoms with Gasteiger partial charge in [-0.2, -0.15) is 0 Å². The second kappa shape index (κ2) is 7.87. The molecule has 0 fully saturated rings. The maximum Gasteiger partial charge on any atom is 0.330 e. The van der Waals surface area contributed by atoms with Crippen molar-refractivity contribution in [3.63, 3.8) is 0 Å². The van der Waals surface area contributed by atoms with E-state index in [1.54, 1.807) is 13.0 Å². The van der Waals surface area contributed by atoms with Crippen molar-refractivity contribution >= 4 is 11.9 Å². The van der Waals surface area contributed by atoms with Crippen LogP contribution >= 0.6 is 0 Å². The van der Waals surface area contributed by atoms with E-state index in [9.17, 15) is 9.59 Å². The molecule has 5 heteroatoms. The molecule has 0 unspecified atom stereocenters. The van der Waals surface area contributed by atoms with Crippen molar-refractivity contribution in [2.75, 3.05) is 20.1 Å². The van der Waals surface area contributed by atoms with Gasteiger partial charge in [-0.15, -0.1) is 0 Å². The lowest BCUT2D eigenvalue weighted by atomic mass is 10.2. The number of hydrogen-bond acceptors (Lipinski definition) is 3. The summed E-state index contributed by atoms with van der Waals surface area (Å²) in [6.45, 7) is 3.02. The first-order chi connectivity index (χ1) is 7.43. The zero-order valence-corrected chi connectivity index (χ0v) is 9.77. The summed E-state index contributed by atoms with van der Waals surface area (Å²) in [4.78, 5) is 22.7. The molecule has 0 aromatic heterocycles. The van der Waals surface area contributed by atoms with Crippen molar-refractivity contribution in [1.82, 2.24) is 4.90 Å². The molecular weight excluding hydrogens is 210 g/mol. The fourth-order valence-corrected chi connectivity index (χ4v) is 1.20. The normalized spacial score (nSPS) is 11.8. The maximum atomic E-state index is 10.5. The number of carboxylic acid groups (broad SMARTS) is 2. The lowest BCUT2D eigenvalue weighted by Crippen LogP contribution is -2.21. The molecule has 0 aliphatic carbocycles. The van der Waals surface area contributed by atoms with E-state index >= 15 is 0 Å². The molecule has 0 saturated heterocycles. The molecule has 0 spiro atoms. The van der Waals surface area contributed by atoms with Crippen LogP contribution in [0.1, 0.15) is 26.2 Å². The van der Waals surface area contributed by atoms with Gasteiger partial charge in [0.05, 0.1) is 0 Å². The smallest absolute Gasteiger partial charge is 0.330 e. The van der Waals surface area contributed by atoms with Crippen molar-refractivity contribution in [2.24, 2.45) is 0 Å². The minimum atomic E-state index is -0.895. The van der Waals surface area contributed by atoms with Crippen LogP contribution in [-0.4, -0.2) is 47.2 Å². The highest BCUT2D eigenvalue weighted by atomic mass is 16.4. The van der Waals surface area contributed by atoms with E-state index in [2.05, 4.69) is 0 Å². The third-order valence-corrected chi connectivity index (χ3v) is 2.23. The molecule has 0 saturated carbocycles. The van der Waals surface area contributed by atoms with Crippen LogP contribution in [0, 0.1) is 0 Å². The molecule has 0 bridgehead atoms. The molecule has 0 aliphatic rings. The van der Waals surface area contributed by atoms with E-state index in [4.69, 9.17) is 10.2 Å². The van der Waals surface area contributed by atoms with Crippen molar-refractivity contribution < 1.29 is 19.8 Å². The second-order valence-corrected chi connectivity index (χ2v) is 3.78. The van der Waals surface area contributed by atoms with Crippen molar-refractivity contribution in [2.45, 2.75) is 26.2 Å². The zero-order valence-electron chi connectivity index (χ0n) is 9.77. The Labute approximate surface area is 95.4 Å². The van der Waals surface area contributed by atoms with Gasteiger partial charge in [0.15, 0.2) is 0 Å². The van der Waals surface area contributed by atoms with Crippen LogP contribution in [0.5, 0.6) is 0 Å². The van der Waals surface area contributed by atoms with Crippen LogP contribution in [0.3, 0.4) is 0 Å². The van der Waals surface area contributed by atoms with Crippen LogP contribution < -0.4 is 0 Å². The maximum absolute atomic E-state index is 10.5. The lowest BCUT2D eigenvalue weighted by Gasteiger charge is -2.14. The van der Waals surface area contributed by atoms with E-state index in [0.29, 0.717) is 25.0 Å². The Kier molecular flexibility index (Phi) is 7.20. The summed E-state index contributed by atoms with van der Waals surface area (Å²) in [5, 5.41) is 17.0. The Balaban J connectivity index is 3.65. The van der Waals surface area contributed by atoms with Crippen LogP contribution in [0.15, 0.2) is 11.6 Å². The molecular formula is C11H19NO4. The highest BCUT2D eigenvalue weighted by Gasteiger charge is 2.02. The molecule has 0 heterocycles. The number of hydrogen-bond donors (Lipinski definition) is 2. The fourth-order valence-electron chi connectivity index (χ4n) is 1.20. The van der Waals surface area contributed by atoms with E-state index in [1.165, 1.54) is 0 Å². The number of aliphatic carboxylic acids is 2. The Morgan fingerprint density at radius 2 is 1.88 bits per heavy atom.